The zero-order valence-electron chi connectivity index (χ0n) is 16.7. The minimum absolute atomic E-state index is 0.0207. The molecule has 1 saturated carbocycles. The number of carbonyl (C=O) groups is 2. The molecule has 0 spiro atoms. The number of nitrogens with zero attached hydrogens (tertiary/aromatic N) is 1. The summed E-state index contributed by atoms with van der Waals surface area (Å²) >= 11 is 0. The zero-order chi connectivity index (χ0) is 21.3. The minimum Gasteiger partial charge on any atom is -0.491 e. The monoisotopic (exact) mass is 413 g/mol. The SMILES string of the molecule is CNC(=O)c1ccc(Cc2cc(C(=O)N[C@H]3CCC[C@@H]3O)nc3c2OCC3)cc1F. The molecule has 2 heterocycles. The molecule has 1 aromatic heterocycles. The fourth-order valence-electron chi connectivity index (χ4n) is 4.05. The number of nitrogens with one attached hydrogen (secondary N) is 2. The van der Waals surface area contributed by atoms with E-state index < -0.39 is 17.8 Å². The number of halogens is 1. The first-order chi connectivity index (χ1) is 14.5. The average molecular weight is 413 g/mol. The molecule has 2 amide bonds. The van der Waals surface area contributed by atoms with Gasteiger partial charge in [0.15, 0.2) is 0 Å². The molecule has 4 rings (SSSR count). The van der Waals surface area contributed by atoms with Gasteiger partial charge in [-0.3, -0.25) is 9.59 Å². The Kier molecular flexibility index (Phi) is 5.67. The number of pyridine rings is 1. The van der Waals surface area contributed by atoms with Gasteiger partial charge < -0.3 is 20.5 Å². The Hall–Kier alpha value is -3.00. The van der Waals surface area contributed by atoms with Gasteiger partial charge in [0, 0.05) is 25.5 Å². The Balaban J connectivity index is 1.59. The van der Waals surface area contributed by atoms with Gasteiger partial charge in [-0.2, -0.15) is 0 Å². The van der Waals surface area contributed by atoms with Crippen LogP contribution in [0, 0.1) is 5.82 Å². The van der Waals surface area contributed by atoms with Crippen LogP contribution in [0.2, 0.25) is 0 Å². The van der Waals surface area contributed by atoms with Crippen LogP contribution in [0.25, 0.3) is 0 Å². The van der Waals surface area contributed by atoms with Gasteiger partial charge in [-0.25, -0.2) is 9.37 Å². The molecular weight excluding hydrogens is 389 g/mol. The lowest BCUT2D eigenvalue weighted by molar-refractivity contribution is 0.0867. The van der Waals surface area contributed by atoms with Crippen molar-refractivity contribution in [1.82, 2.24) is 15.6 Å². The van der Waals surface area contributed by atoms with E-state index >= 15 is 0 Å². The Labute approximate surface area is 173 Å². The number of hydrogen-bond acceptors (Lipinski definition) is 5. The van der Waals surface area contributed by atoms with Crippen molar-refractivity contribution in [3.05, 3.63) is 58.2 Å². The van der Waals surface area contributed by atoms with Crippen molar-refractivity contribution in [1.29, 1.82) is 0 Å². The van der Waals surface area contributed by atoms with Crippen LogP contribution in [0.3, 0.4) is 0 Å². The van der Waals surface area contributed by atoms with Crippen LogP contribution >= 0.6 is 0 Å². The molecule has 1 fully saturated rings. The second-order valence-electron chi connectivity index (χ2n) is 7.69. The maximum atomic E-state index is 14.3. The number of fused-ring (bicyclic) bond motifs is 1. The summed E-state index contributed by atoms with van der Waals surface area (Å²) in [6.07, 6.45) is 2.69. The molecule has 8 heteroatoms. The van der Waals surface area contributed by atoms with Crippen molar-refractivity contribution >= 4 is 11.8 Å². The van der Waals surface area contributed by atoms with E-state index in [2.05, 4.69) is 15.6 Å². The molecule has 3 N–H and O–H groups in total. The predicted octanol–water partition coefficient (Wildman–Crippen LogP) is 1.75. The molecule has 0 radical (unpaired) electrons. The lowest BCUT2D eigenvalue weighted by Gasteiger charge is -2.17. The molecule has 0 bridgehead atoms. The topological polar surface area (TPSA) is 101 Å². The highest BCUT2D eigenvalue weighted by molar-refractivity contribution is 5.94. The number of rotatable bonds is 5. The van der Waals surface area contributed by atoms with Crippen LogP contribution in [0.1, 0.15) is 56.9 Å². The van der Waals surface area contributed by atoms with E-state index in [1.54, 1.807) is 12.1 Å². The summed E-state index contributed by atoms with van der Waals surface area (Å²) in [5.41, 5.74) is 2.33. The van der Waals surface area contributed by atoms with Crippen LogP contribution in [-0.4, -0.2) is 47.7 Å². The summed E-state index contributed by atoms with van der Waals surface area (Å²) in [6, 6.07) is 5.84. The number of hydrogen-bond donors (Lipinski definition) is 3. The highest BCUT2D eigenvalue weighted by Crippen LogP contribution is 2.31. The van der Waals surface area contributed by atoms with Crippen LogP contribution in [0.15, 0.2) is 24.3 Å². The van der Waals surface area contributed by atoms with Crippen molar-refractivity contribution in [3.63, 3.8) is 0 Å². The summed E-state index contributed by atoms with van der Waals surface area (Å²) < 4.78 is 20.0. The lowest BCUT2D eigenvalue weighted by Crippen LogP contribution is -2.40. The van der Waals surface area contributed by atoms with Crippen molar-refractivity contribution in [2.24, 2.45) is 0 Å². The first-order valence-corrected chi connectivity index (χ1v) is 10.1. The van der Waals surface area contributed by atoms with E-state index in [1.807, 2.05) is 0 Å². The number of ether oxygens (including phenoxy) is 1. The van der Waals surface area contributed by atoms with E-state index in [4.69, 9.17) is 4.74 Å². The molecular formula is C22H24FN3O4. The second-order valence-corrected chi connectivity index (χ2v) is 7.69. The van der Waals surface area contributed by atoms with E-state index in [1.165, 1.54) is 19.2 Å². The number of aliphatic hydroxyl groups is 1. The molecule has 7 nitrogen and oxygen atoms in total. The van der Waals surface area contributed by atoms with Crippen LogP contribution in [0.5, 0.6) is 5.75 Å². The van der Waals surface area contributed by atoms with Crippen molar-refractivity contribution < 1.29 is 23.8 Å². The molecule has 30 heavy (non-hydrogen) atoms. The molecule has 1 aromatic carbocycles. The van der Waals surface area contributed by atoms with Gasteiger partial charge >= 0.3 is 0 Å². The highest BCUT2D eigenvalue weighted by Gasteiger charge is 2.28. The highest BCUT2D eigenvalue weighted by atomic mass is 19.1. The molecule has 2 aliphatic rings. The molecule has 1 aliphatic carbocycles. The third-order valence-corrected chi connectivity index (χ3v) is 5.63. The Bertz CT molecular complexity index is 995. The number of carbonyl (C=O) groups excluding carboxylic acids is 2. The lowest BCUT2D eigenvalue weighted by atomic mass is 10.0. The second kappa shape index (κ2) is 8.39. The van der Waals surface area contributed by atoms with Crippen molar-refractivity contribution in [3.8, 4) is 5.75 Å². The van der Waals surface area contributed by atoms with Gasteiger partial charge in [-0.05, 0) is 43.0 Å². The standard InChI is InChI=1S/C22H24FN3O4/c1-24-21(28)14-6-5-12(10-15(14)23)9-13-11-18(25-17-7-8-30-20(13)17)22(29)26-16-3-2-4-19(16)27/h5-6,10-11,16,19,27H,2-4,7-9H2,1H3,(H,24,28)(H,26,29)/t16-,19-/m0/s1. The van der Waals surface area contributed by atoms with Gasteiger partial charge in [0.1, 0.15) is 17.3 Å². The number of aliphatic hydroxyl groups excluding tert-OH is 1. The summed E-state index contributed by atoms with van der Waals surface area (Å²) in [4.78, 5) is 28.9. The van der Waals surface area contributed by atoms with E-state index in [9.17, 15) is 19.1 Å². The molecule has 0 saturated heterocycles. The number of amides is 2. The molecule has 158 valence electrons. The molecule has 2 atom stereocenters. The van der Waals surface area contributed by atoms with Crippen LogP contribution < -0.4 is 15.4 Å². The van der Waals surface area contributed by atoms with E-state index in [-0.39, 0.29) is 23.2 Å². The Morgan fingerprint density at radius 1 is 1.27 bits per heavy atom. The normalized spacial score (nSPS) is 19.8. The van der Waals surface area contributed by atoms with Crippen LogP contribution in [0.4, 0.5) is 4.39 Å². The first-order valence-electron chi connectivity index (χ1n) is 10.1. The fraction of sp³-hybridized carbons (Fsp3) is 0.409. The van der Waals surface area contributed by atoms with Gasteiger partial charge in [-0.15, -0.1) is 0 Å². The third kappa shape index (κ3) is 4.00. The summed E-state index contributed by atoms with van der Waals surface area (Å²) in [6.45, 7) is 0.478. The van der Waals surface area contributed by atoms with Crippen molar-refractivity contribution in [2.75, 3.05) is 13.7 Å². The Morgan fingerprint density at radius 3 is 2.80 bits per heavy atom. The fourth-order valence-corrected chi connectivity index (χ4v) is 4.05. The zero-order valence-corrected chi connectivity index (χ0v) is 16.7. The summed E-state index contributed by atoms with van der Waals surface area (Å²) in [5, 5.41) is 15.2. The summed E-state index contributed by atoms with van der Waals surface area (Å²) in [7, 11) is 1.45. The smallest absolute Gasteiger partial charge is 0.270 e. The largest absolute Gasteiger partial charge is 0.491 e. The molecule has 0 unspecified atom stereocenters. The maximum Gasteiger partial charge on any atom is 0.270 e. The minimum atomic E-state index is -0.605. The predicted molar refractivity (Wildman–Crippen MR) is 107 cm³/mol. The van der Waals surface area contributed by atoms with Gasteiger partial charge in [0.2, 0.25) is 0 Å². The average Bonchev–Trinajstić information content (AvgIpc) is 3.36. The van der Waals surface area contributed by atoms with Gasteiger partial charge in [-0.1, -0.05) is 6.07 Å². The maximum absolute atomic E-state index is 14.3. The van der Waals surface area contributed by atoms with Gasteiger partial charge in [0.05, 0.1) is 30.0 Å². The number of aromatic nitrogens is 1. The van der Waals surface area contributed by atoms with Crippen LogP contribution in [-0.2, 0) is 12.8 Å². The molecule has 2 aromatic rings. The van der Waals surface area contributed by atoms with E-state index in [0.717, 1.165) is 18.4 Å². The number of benzene rings is 1. The summed E-state index contributed by atoms with van der Waals surface area (Å²) in [5.74, 6) is -0.798. The Morgan fingerprint density at radius 2 is 2.10 bits per heavy atom. The van der Waals surface area contributed by atoms with Gasteiger partial charge in [0.25, 0.3) is 11.8 Å². The first kappa shape index (κ1) is 20.3. The van der Waals surface area contributed by atoms with E-state index in [0.29, 0.717) is 42.9 Å². The quantitative estimate of drug-likeness (QED) is 0.693. The molecule has 1 aliphatic heterocycles. The van der Waals surface area contributed by atoms with Crippen molar-refractivity contribution in [2.45, 2.75) is 44.2 Å². The third-order valence-electron chi connectivity index (χ3n) is 5.63.